The van der Waals surface area contributed by atoms with Crippen LogP contribution in [0, 0.1) is 0 Å². The minimum Gasteiger partial charge on any atom is -0.456 e. The van der Waals surface area contributed by atoms with E-state index < -0.39 is 0 Å². The van der Waals surface area contributed by atoms with Gasteiger partial charge in [0.15, 0.2) is 0 Å². The molecule has 374 valence electrons. The van der Waals surface area contributed by atoms with E-state index in [0.29, 0.717) is 0 Å². The van der Waals surface area contributed by atoms with Crippen LogP contribution >= 0.6 is 0 Å². The molecule has 0 amide bonds. The number of fused-ring (bicyclic) bond motifs is 9. The number of anilines is 8. The average Bonchev–Trinajstić information content (AvgIpc) is 3.93. The van der Waals surface area contributed by atoms with E-state index >= 15 is 0 Å². The maximum atomic E-state index is 7.09. The summed E-state index contributed by atoms with van der Waals surface area (Å²) in [5.41, 5.74) is 23.4. The number of rotatable bonds is 8. The van der Waals surface area contributed by atoms with E-state index in [1.165, 1.54) is 49.7 Å². The summed E-state index contributed by atoms with van der Waals surface area (Å²) in [4.78, 5) is 7.67. The van der Waals surface area contributed by atoms with Gasteiger partial charge < -0.3 is 19.0 Å². The highest BCUT2D eigenvalue weighted by Gasteiger charge is 2.47. The SMILES string of the molecule is CC(C)(C)c1ccc(N2c3cc(N(c4ccccc4)c4ccccc4)cc4c3B(c3ccc5oc6cc7ccccc7cc6c5c32)N(c2ccc(-c3ccccc3)cc2)c2ccc(-c3ccccc3)cc2-4)c(-c2ccccc2)c1. The van der Waals surface area contributed by atoms with E-state index in [1.54, 1.807) is 0 Å². The molecule has 0 saturated heterocycles. The van der Waals surface area contributed by atoms with Crippen LogP contribution < -0.4 is 25.5 Å². The van der Waals surface area contributed by atoms with Gasteiger partial charge in [-0.1, -0.05) is 203 Å². The molecule has 0 spiro atoms. The van der Waals surface area contributed by atoms with E-state index in [-0.39, 0.29) is 12.3 Å². The van der Waals surface area contributed by atoms with E-state index in [1.807, 2.05) is 0 Å². The Morgan fingerprint density at radius 1 is 0.392 bits per heavy atom. The van der Waals surface area contributed by atoms with Gasteiger partial charge >= 0.3 is 6.85 Å². The zero-order valence-corrected chi connectivity index (χ0v) is 44.3. The molecule has 1 aromatic heterocycles. The van der Waals surface area contributed by atoms with Crippen molar-refractivity contribution in [3.8, 4) is 44.5 Å². The lowest BCUT2D eigenvalue weighted by Gasteiger charge is -2.47. The topological polar surface area (TPSA) is 22.9 Å². The summed E-state index contributed by atoms with van der Waals surface area (Å²) >= 11 is 0. The molecule has 0 unspecified atom stereocenters. The third-order valence-electron chi connectivity index (χ3n) is 16.3. The van der Waals surface area contributed by atoms with Gasteiger partial charge in [-0.15, -0.1) is 0 Å². The van der Waals surface area contributed by atoms with Gasteiger partial charge in [-0.2, -0.15) is 0 Å². The minimum atomic E-state index is -0.270. The first-order valence-electron chi connectivity index (χ1n) is 27.4. The zero-order chi connectivity index (χ0) is 52.8. The molecule has 13 aromatic rings. The van der Waals surface area contributed by atoms with Crippen LogP contribution in [0.4, 0.5) is 45.5 Å². The van der Waals surface area contributed by atoms with Crippen LogP contribution in [0.15, 0.2) is 277 Å². The lowest BCUT2D eigenvalue weighted by Crippen LogP contribution is -2.61. The second-order valence-electron chi connectivity index (χ2n) is 22.1. The van der Waals surface area contributed by atoms with Crippen molar-refractivity contribution in [3.63, 3.8) is 0 Å². The predicted octanol–water partition coefficient (Wildman–Crippen LogP) is 19.2. The zero-order valence-electron chi connectivity index (χ0n) is 44.3. The van der Waals surface area contributed by atoms with Crippen LogP contribution in [0.1, 0.15) is 26.3 Å². The lowest BCUT2D eigenvalue weighted by molar-refractivity contribution is 0.590. The van der Waals surface area contributed by atoms with Crippen molar-refractivity contribution in [2.45, 2.75) is 26.2 Å². The number of furan rings is 1. The van der Waals surface area contributed by atoms with Gasteiger partial charge in [-0.05, 0) is 157 Å². The first kappa shape index (κ1) is 46.5. The fourth-order valence-corrected chi connectivity index (χ4v) is 12.5. The van der Waals surface area contributed by atoms with Gasteiger partial charge in [-0.3, -0.25) is 0 Å². The second-order valence-corrected chi connectivity index (χ2v) is 22.1. The quantitative estimate of drug-likeness (QED) is 0.142. The third kappa shape index (κ3) is 7.75. The van der Waals surface area contributed by atoms with Crippen LogP contribution in [0.2, 0.25) is 0 Å². The number of nitrogens with zero attached hydrogens (tertiary/aromatic N) is 3. The van der Waals surface area contributed by atoms with Crippen molar-refractivity contribution in [1.82, 2.24) is 0 Å². The lowest BCUT2D eigenvalue weighted by atomic mass is 9.43. The summed E-state index contributed by atoms with van der Waals surface area (Å²) in [7, 11) is 0. The summed E-state index contributed by atoms with van der Waals surface area (Å²) < 4.78 is 7.09. The molecule has 0 saturated carbocycles. The number of hydrogen-bond acceptors (Lipinski definition) is 4. The molecule has 0 radical (unpaired) electrons. The van der Waals surface area contributed by atoms with Gasteiger partial charge in [0, 0.05) is 50.6 Å². The van der Waals surface area contributed by atoms with Crippen molar-refractivity contribution in [2.75, 3.05) is 14.6 Å². The fraction of sp³-hybridized carbons (Fsp3) is 0.0541. The maximum Gasteiger partial charge on any atom is 0.333 e. The molecule has 3 heterocycles. The predicted molar refractivity (Wildman–Crippen MR) is 335 cm³/mol. The molecular formula is C74H54BN3O. The van der Waals surface area contributed by atoms with E-state index in [0.717, 1.165) is 89.5 Å². The number of para-hydroxylation sites is 2. The van der Waals surface area contributed by atoms with Crippen molar-refractivity contribution >= 4 is 96.0 Å². The average molecular weight is 1010 g/mol. The molecule has 0 N–H and O–H groups in total. The van der Waals surface area contributed by atoms with Gasteiger partial charge in [-0.25, -0.2) is 0 Å². The van der Waals surface area contributed by atoms with E-state index in [4.69, 9.17) is 4.42 Å². The molecule has 0 bridgehead atoms. The fourth-order valence-electron chi connectivity index (χ4n) is 12.5. The molecule has 0 atom stereocenters. The second kappa shape index (κ2) is 18.4. The summed E-state index contributed by atoms with van der Waals surface area (Å²) in [5.74, 6) is 0. The Hall–Kier alpha value is -9.84. The van der Waals surface area contributed by atoms with Crippen LogP contribution in [0.5, 0.6) is 0 Å². The monoisotopic (exact) mass is 1010 g/mol. The third-order valence-corrected chi connectivity index (χ3v) is 16.3. The highest BCUT2D eigenvalue weighted by molar-refractivity contribution is 6.94. The van der Waals surface area contributed by atoms with Gasteiger partial charge in [0.05, 0.1) is 16.8 Å². The Labute approximate surface area is 461 Å². The first-order valence-corrected chi connectivity index (χ1v) is 27.4. The first-order chi connectivity index (χ1) is 38.8. The molecule has 2 aliphatic rings. The largest absolute Gasteiger partial charge is 0.456 e. The van der Waals surface area contributed by atoms with Crippen LogP contribution in [-0.2, 0) is 5.41 Å². The number of benzene rings is 12. The van der Waals surface area contributed by atoms with E-state index in [2.05, 4.69) is 308 Å². The molecule has 4 nitrogen and oxygen atoms in total. The van der Waals surface area contributed by atoms with Crippen molar-refractivity contribution in [3.05, 3.63) is 279 Å². The standard InChI is InChI=1S/C74H54BN3O/c1-74(2,3)56-36-41-66(61(46-56)52-25-13-6-14-26-52)77-68-48-60(76(57-29-15-7-16-30-57)58-31-17-8-18-32-58)47-63-62-43-55(50-23-11-5-12-24-50)35-40-67(62)78(59-37-33-51(34-38-59)49-21-9-4-10-22-49)75(72(63)68)65-39-42-69-71(73(65)77)64-44-53-27-19-20-28-54(53)45-70(64)79-69/h4-48H,1-3H3. The Balaban J connectivity index is 1.11. The van der Waals surface area contributed by atoms with Crippen LogP contribution in [0.3, 0.4) is 0 Å². The highest BCUT2D eigenvalue weighted by Crippen LogP contribution is 2.54. The van der Waals surface area contributed by atoms with Gasteiger partial charge in [0.1, 0.15) is 11.2 Å². The summed E-state index contributed by atoms with van der Waals surface area (Å²) in [6, 6.07) is 100. The van der Waals surface area contributed by atoms with Crippen LogP contribution in [-0.4, -0.2) is 6.85 Å². The maximum absolute atomic E-state index is 7.09. The Morgan fingerprint density at radius 3 is 1.59 bits per heavy atom. The van der Waals surface area contributed by atoms with E-state index in [9.17, 15) is 0 Å². The van der Waals surface area contributed by atoms with Crippen molar-refractivity contribution in [2.24, 2.45) is 0 Å². The Morgan fingerprint density at radius 2 is 0.949 bits per heavy atom. The molecule has 5 heteroatoms. The minimum absolute atomic E-state index is 0.107. The van der Waals surface area contributed by atoms with Gasteiger partial charge in [0.2, 0.25) is 0 Å². The van der Waals surface area contributed by atoms with Crippen molar-refractivity contribution in [1.29, 1.82) is 0 Å². The summed E-state index contributed by atoms with van der Waals surface area (Å²) in [5, 5.41) is 4.49. The Bertz CT molecular complexity index is 4420. The molecular weight excluding hydrogens is 958 g/mol. The normalized spacial score (nSPS) is 12.7. The molecule has 12 aromatic carbocycles. The molecule has 0 fully saturated rings. The summed E-state index contributed by atoms with van der Waals surface area (Å²) in [6.07, 6.45) is 0. The molecule has 15 rings (SSSR count). The Kier molecular flexibility index (Phi) is 10.8. The van der Waals surface area contributed by atoms with Crippen molar-refractivity contribution < 1.29 is 4.42 Å². The van der Waals surface area contributed by atoms with Gasteiger partial charge in [0.25, 0.3) is 0 Å². The molecule has 0 aliphatic carbocycles. The molecule has 79 heavy (non-hydrogen) atoms. The smallest absolute Gasteiger partial charge is 0.333 e. The number of hydrogen-bond donors (Lipinski definition) is 0. The molecule has 2 aliphatic heterocycles. The van der Waals surface area contributed by atoms with Crippen LogP contribution in [0.25, 0.3) is 77.2 Å². The summed E-state index contributed by atoms with van der Waals surface area (Å²) in [6.45, 7) is 6.67. The highest BCUT2D eigenvalue weighted by atomic mass is 16.3.